The number of hydrogen-bond donors (Lipinski definition) is 3. The zero-order chi connectivity index (χ0) is 33.6. The van der Waals surface area contributed by atoms with Gasteiger partial charge in [-0.05, 0) is 12.8 Å². The molecule has 2 aliphatic carbocycles. The van der Waals surface area contributed by atoms with E-state index in [1.54, 1.807) is 41.5 Å². The van der Waals surface area contributed by atoms with Crippen LogP contribution in [-0.4, -0.2) is 94.5 Å². The summed E-state index contributed by atoms with van der Waals surface area (Å²) in [7, 11) is 1.10. The second kappa shape index (κ2) is 10.7. The molecule has 2 bridgehead atoms. The van der Waals surface area contributed by atoms with Crippen LogP contribution in [0.25, 0.3) is 0 Å². The Morgan fingerprint density at radius 3 is 2.31 bits per heavy atom. The lowest BCUT2D eigenvalue weighted by atomic mass is 9.44. The number of ether oxygens (including phenoxy) is 5. The van der Waals surface area contributed by atoms with E-state index in [-0.39, 0.29) is 17.6 Å². The lowest BCUT2D eigenvalue weighted by molar-refractivity contribution is -0.288. The van der Waals surface area contributed by atoms with Gasteiger partial charge in [0.2, 0.25) is 6.29 Å². The average Bonchev–Trinajstić information content (AvgIpc) is 3.25. The van der Waals surface area contributed by atoms with Gasteiger partial charge in [-0.15, -0.1) is 0 Å². The maximum Gasteiger partial charge on any atom is 0.335 e. The molecule has 0 aromatic carbocycles. The second-order valence-corrected chi connectivity index (χ2v) is 14.2. The smallest absolute Gasteiger partial charge is 0.335 e. The number of rotatable bonds is 6. The average molecular weight is 635 g/mol. The zero-order valence-corrected chi connectivity index (χ0v) is 26.5. The van der Waals surface area contributed by atoms with Crippen LogP contribution in [0.1, 0.15) is 60.8 Å². The van der Waals surface area contributed by atoms with Crippen LogP contribution < -0.4 is 0 Å². The van der Waals surface area contributed by atoms with Gasteiger partial charge in [0.05, 0.1) is 25.6 Å². The van der Waals surface area contributed by atoms with Gasteiger partial charge in [-0.2, -0.15) is 0 Å². The van der Waals surface area contributed by atoms with E-state index in [2.05, 4.69) is 6.58 Å². The summed E-state index contributed by atoms with van der Waals surface area (Å²) < 4.78 is 28.5. The van der Waals surface area contributed by atoms with Crippen molar-refractivity contribution in [3.63, 3.8) is 0 Å². The fourth-order valence-corrected chi connectivity index (χ4v) is 8.86. The fraction of sp³-hybridized carbons (Fsp3) is 0.719. The molecule has 2 unspecified atom stereocenters. The van der Waals surface area contributed by atoms with Crippen molar-refractivity contribution in [1.29, 1.82) is 0 Å². The summed E-state index contributed by atoms with van der Waals surface area (Å²) in [6, 6.07) is 0. The molecule has 13 heteroatoms. The van der Waals surface area contributed by atoms with Crippen LogP contribution in [0.4, 0.5) is 0 Å². The number of carbonyl (C=O) groups is 5. The first kappa shape index (κ1) is 33.2. The largest absolute Gasteiger partial charge is 0.467 e. The summed E-state index contributed by atoms with van der Waals surface area (Å²) in [5, 5.41) is 34.1. The highest BCUT2D eigenvalue weighted by Crippen LogP contribution is 2.70. The molecule has 0 radical (unpaired) electrons. The molecule has 0 aromatic heterocycles. The quantitative estimate of drug-likeness (QED) is 0.212. The van der Waals surface area contributed by atoms with E-state index in [4.69, 9.17) is 23.7 Å². The van der Waals surface area contributed by atoms with Gasteiger partial charge in [0, 0.05) is 45.3 Å². The van der Waals surface area contributed by atoms with E-state index in [9.17, 15) is 39.3 Å². The van der Waals surface area contributed by atoms with E-state index >= 15 is 0 Å². The number of Topliss-reactive ketones (excluding diaryl/α,β-unsaturated/α-hetero) is 1. The maximum atomic E-state index is 14.5. The summed E-state index contributed by atoms with van der Waals surface area (Å²) in [5.41, 5.74) is -6.29. The monoisotopic (exact) mass is 634 g/mol. The van der Waals surface area contributed by atoms with Crippen molar-refractivity contribution >= 4 is 29.7 Å². The van der Waals surface area contributed by atoms with Crippen LogP contribution in [0.3, 0.4) is 0 Å². The van der Waals surface area contributed by atoms with Crippen LogP contribution in [0.2, 0.25) is 0 Å². The van der Waals surface area contributed by atoms with Crippen molar-refractivity contribution in [2.45, 2.75) is 103 Å². The van der Waals surface area contributed by atoms with Gasteiger partial charge in [-0.25, -0.2) is 9.59 Å². The Bertz CT molecular complexity index is 1380. The van der Waals surface area contributed by atoms with Gasteiger partial charge in [0.25, 0.3) is 0 Å². The van der Waals surface area contributed by atoms with E-state index in [1.165, 1.54) is 0 Å². The number of aliphatic hydroxyl groups is 3. The van der Waals surface area contributed by atoms with Crippen molar-refractivity contribution in [2.24, 2.45) is 34.0 Å². The summed E-state index contributed by atoms with van der Waals surface area (Å²) in [6.45, 7) is 14.1. The van der Waals surface area contributed by atoms with Crippen molar-refractivity contribution in [3.05, 3.63) is 23.8 Å². The number of hydrogen-bond acceptors (Lipinski definition) is 13. The van der Waals surface area contributed by atoms with Crippen molar-refractivity contribution in [2.75, 3.05) is 7.11 Å². The van der Waals surface area contributed by atoms with E-state index in [0.717, 1.165) is 13.2 Å². The minimum atomic E-state index is -1.86. The van der Waals surface area contributed by atoms with Crippen LogP contribution in [0, 0.1) is 34.0 Å². The summed E-state index contributed by atoms with van der Waals surface area (Å²) in [5.74, 6) is -6.69. The SMILES string of the molecule is C=C1C(=O)[C@@H]2C[C@@]3(C)[C@H](C4=CC(=O)OC4O)OC(=O)C[C@]13O[C@H]1[C@@H](OC(=O)C(C)CC)[C@@H](O)C(C)(C)[C@H]([C@H](O)C(=O)OC)[C@@]21C. The zero-order valence-electron chi connectivity index (χ0n) is 26.5. The van der Waals surface area contributed by atoms with Gasteiger partial charge >= 0.3 is 23.9 Å². The first-order chi connectivity index (χ1) is 20.8. The van der Waals surface area contributed by atoms with Crippen molar-refractivity contribution in [1.82, 2.24) is 0 Å². The molecule has 0 amide bonds. The number of fused-ring (bicyclic) bond motifs is 1. The van der Waals surface area contributed by atoms with Crippen LogP contribution in [0.15, 0.2) is 23.8 Å². The summed E-state index contributed by atoms with van der Waals surface area (Å²) in [6.07, 6.45) is -8.33. The first-order valence-electron chi connectivity index (χ1n) is 15.2. The van der Waals surface area contributed by atoms with E-state index in [0.29, 0.717) is 6.42 Å². The second-order valence-electron chi connectivity index (χ2n) is 14.2. The molecule has 13 nitrogen and oxygen atoms in total. The molecule has 6 rings (SSSR count). The molecule has 5 fully saturated rings. The Morgan fingerprint density at radius 1 is 1.11 bits per heavy atom. The predicted octanol–water partition coefficient (Wildman–Crippen LogP) is 0.908. The Morgan fingerprint density at radius 2 is 1.76 bits per heavy atom. The van der Waals surface area contributed by atoms with Crippen LogP contribution in [0.5, 0.6) is 0 Å². The first-order valence-corrected chi connectivity index (χ1v) is 15.2. The van der Waals surface area contributed by atoms with Gasteiger partial charge < -0.3 is 39.0 Å². The Labute approximate surface area is 260 Å². The topological polar surface area (TPSA) is 192 Å². The normalized spacial score (nSPS) is 43.2. The third-order valence-corrected chi connectivity index (χ3v) is 11.5. The molecule has 3 saturated heterocycles. The number of carbonyl (C=O) groups excluding carboxylic acids is 5. The van der Waals surface area contributed by atoms with Gasteiger partial charge in [-0.1, -0.05) is 48.1 Å². The molecule has 0 aromatic rings. The molecule has 4 heterocycles. The molecule has 4 aliphatic heterocycles. The van der Waals surface area contributed by atoms with Gasteiger partial charge in [-0.3, -0.25) is 14.4 Å². The molecular formula is C32H42O13. The summed E-state index contributed by atoms with van der Waals surface area (Å²) >= 11 is 0. The lowest BCUT2D eigenvalue weighted by Crippen LogP contribution is -2.70. The minimum absolute atomic E-state index is 0.0503. The summed E-state index contributed by atoms with van der Waals surface area (Å²) in [4.78, 5) is 66.2. The number of esters is 4. The fourth-order valence-electron chi connectivity index (χ4n) is 8.86. The standard InChI is InChI=1S/C32H42O13/c1-9-13(2)26(38)44-21-23(37)29(4,5)22(20(36)28(40)41-8)31(7)16-11-30(6)24(15-10-17(33)43-27(15)39)42-18(34)12-32(30,45-25(21)31)14(3)19(16)35/h10,13,16,20-25,27,36-37,39H,3,9,11-12H2,1-2,4-8H3/t13?,16-,20-,21-,22-,23+,24-,25-,27?,30-,31+,32-/m0/s1. The molecule has 45 heavy (non-hydrogen) atoms. The Hall–Kier alpha value is -3.13. The lowest BCUT2D eigenvalue weighted by Gasteiger charge is -2.60. The van der Waals surface area contributed by atoms with Crippen LogP contribution in [-0.2, 0) is 47.7 Å². The third-order valence-electron chi connectivity index (χ3n) is 11.5. The Balaban J connectivity index is 1.79. The van der Waals surface area contributed by atoms with Gasteiger partial charge in [0.15, 0.2) is 18.0 Å². The number of aliphatic hydroxyl groups excluding tert-OH is 3. The number of methoxy groups -OCH3 is 1. The van der Waals surface area contributed by atoms with E-state index in [1.807, 2.05) is 0 Å². The molecular weight excluding hydrogens is 592 g/mol. The Kier molecular flexibility index (Phi) is 7.91. The minimum Gasteiger partial charge on any atom is -0.467 e. The van der Waals surface area contributed by atoms with Crippen LogP contribution >= 0.6 is 0 Å². The molecule has 248 valence electrons. The molecule has 2 saturated carbocycles. The predicted molar refractivity (Wildman–Crippen MR) is 151 cm³/mol. The highest BCUT2D eigenvalue weighted by Gasteiger charge is 2.78. The van der Waals surface area contributed by atoms with Crippen molar-refractivity contribution < 1.29 is 63.0 Å². The third kappa shape index (κ3) is 4.37. The molecule has 3 N–H and O–H groups in total. The number of cyclic esters (lactones) is 2. The van der Waals surface area contributed by atoms with Gasteiger partial charge in [0.1, 0.15) is 17.8 Å². The molecule has 1 spiro atoms. The molecule has 12 atom stereocenters. The molecule has 6 aliphatic rings. The highest BCUT2D eigenvalue weighted by molar-refractivity contribution is 6.02. The van der Waals surface area contributed by atoms with E-state index < -0.39 is 112 Å². The van der Waals surface area contributed by atoms with Crippen molar-refractivity contribution in [3.8, 4) is 0 Å². The number of ketones is 1. The highest BCUT2D eigenvalue weighted by atomic mass is 16.6. The maximum absolute atomic E-state index is 14.5.